The highest BCUT2D eigenvalue weighted by Gasteiger charge is 2.38. The quantitative estimate of drug-likeness (QED) is 0.118. The Bertz CT molecular complexity index is 2400. The zero-order chi connectivity index (χ0) is 45.4. The number of halogens is 9. The molecule has 61 heavy (non-hydrogen) atoms. The van der Waals surface area contributed by atoms with Gasteiger partial charge in [0.1, 0.15) is 0 Å². The van der Waals surface area contributed by atoms with Crippen LogP contribution in [-0.2, 0) is 12.4 Å². The van der Waals surface area contributed by atoms with Gasteiger partial charge in [0, 0.05) is 5.92 Å². The van der Waals surface area contributed by atoms with Gasteiger partial charge in [-0.2, -0.15) is 39.5 Å². The van der Waals surface area contributed by atoms with Gasteiger partial charge >= 0.3 is 18.5 Å². The first kappa shape index (κ1) is 45.5. The summed E-state index contributed by atoms with van der Waals surface area (Å²) < 4.78 is 122. The lowest BCUT2D eigenvalue weighted by molar-refractivity contribution is -0.138. The molecule has 6 rings (SSSR count). The molecular weight excluding hydrogens is 794 g/mol. The third-order valence-electron chi connectivity index (χ3n) is 13.8. The van der Waals surface area contributed by atoms with Gasteiger partial charge in [0.25, 0.3) is 0 Å². The van der Waals surface area contributed by atoms with Gasteiger partial charge in [0.05, 0.1) is 16.7 Å². The average molecular weight is 845 g/mol. The van der Waals surface area contributed by atoms with Crippen molar-refractivity contribution in [2.24, 2.45) is 0 Å². The van der Waals surface area contributed by atoms with Crippen LogP contribution in [0.2, 0.25) is 0 Å². The Balaban J connectivity index is 1.66. The smallest absolute Gasteiger partial charge is 0.166 e. The largest absolute Gasteiger partial charge is 0.416 e. The van der Waals surface area contributed by atoms with E-state index in [9.17, 15) is 39.5 Å². The summed E-state index contributed by atoms with van der Waals surface area (Å²) in [5.41, 5.74) is 16.7. The molecule has 1 atom stereocenters. The summed E-state index contributed by atoms with van der Waals surface area (Å²) in [6.07, 6.45) is -9.10. The van der Waals surface area contributed by atoms with E-state index < -0.39 is 35.2 Å². The van der Waals surface area contributed by atoms with Crippen LogP contribution in [0.4, 0.5) is 39.5 Å². The topological polar surface area (TPSA) is 0 Å². The summed E-state index contributed by atoms with van der Waals surface area (Å²) >= 11 is 0. The highest BCUT2D eigenvalue weighted by molar-refractivity contribution is 6.97. The van der Waals surface area contributed by atoms with Crippen LogP contribution >= 0.6 is 0 Å². The van der Waals surface area contributed by atoms with E-state index in [0.717, 1.165) is 124 Å². The summed E-state index contributed by atoms with van der Waals surface area (Å²) in [5.74, 6) is -0.261. The van der Waals surface area contributed by atoms with E-state index in [1.54, 1.807) is 6.08 Å². The standard InChI is InChI=1S/C51H50BF9/c1-25-31(7)46(32(8)26(2)43(25)37-13-19-40(20-14-37)49(53,54)55)52(47-33(9)27(3)44(28(4)34(47)10)38-15-21-41(22-16-38)50(56,57)58)48-35(11)29(5)45(30(6)36(48)12)39-17-23-42(24-18-39)51(59,60)61/h13-17,19-24,39H,18H2,1-12H3. The van der Waals surface area contributed by atoms with Gasteiger partial charge < -0.3 is 0 Å². The zero-order valence-electron chi connectivity index (χ0n) is 36.6. The molecule has 0 saturated carbocycles. The Morgan fingerprint density at radius 3 is 0.984 bits per heavy atom. The summed E-state index contributed by atoms with van der Waals surface area (Å²) in [7, 11) is 0. The van der Waals surface area contributed by atoms with E-state index in [1.807, 2.05) is 41.5 Å². The first-order valence-corrected chi connectivity index (χ1v) is 20.3. The van der Waals surface area contributed by atoms with Crippen molar-refractivity contribution in [2.75, 3.05) is 0 Å². The van der Waals surface area contributed by atoms with Crippen molar-refractivity contribution in [3.05, 3.63) is 156 Å². The van der Waals surface area contributed by atoms with Crippen LogP contribution < -0.4 is 16.4 Å². The molecule has 5 aromatic carbocycles. The minimum Gasteiger partial charge on any atom is -0.166 e. The van der Waals surface area contributed by atoms with Gasteiger partial charge in [-0.3, -0.25) is 0 Å². The van der Waals surface area contributed by atoms with Gasteiger partial charge in [0.15, 0.2) is 0 Å². The monoisotopic (exact) mass is 844 g/mol. The van der Waals surface area contributed by atoms with Crippen molar-refractivity contribution in [2.45, 2.75) is 114 Å². The minimum absolute atomic E-state index is 0.207. The summed E-state index contributed by atoms with van der Waals surface area (Å²) in [4.78, 5) is 0. The maximum atomic E-state index is 13.6. The predicted octanol–water partition coefficient (Wildman–Crippen LogP) is 13.8. The highest BCUT2D eigenvalue weighted by atomic mass is 19.4. The molecule has 0 radical (unpaired) electrons. The molecule has 0 fully saturated rings. The van der Waals surface area contributed by atoms with Crippen LogP contribution in [0.3, 0.4) is 0 Å². The van der Waals surface area contributed by atoms with Gasteiger partial charge in [-0.15, -0.1) is 0 Å². The number of allylic oxidation sites excluding steroid dienone is 4. The van der Waals surface area contributed by atoms with Crippen molar-refractivity contribution in [3.8, 4) is 22.3 Å². The van der Waals surface area contributed by atoms with Gasteiger partial charge in [-0.1, -0.05) is 92.3 Å². The van der Waals surface area contributed by atoms with Crippen molar-refractivity contribution in [1.82, 2.24) is 0 Å². The molecule has 5 aromatic rings. The molecule has 0 aromatic heterocycles. The fraction of sp³-hybridized carbons (Fsp3) is 0.333. The Labute approximate surface area is 353 Å². The maximum Gasteiger partial charge on any atom is 0.416 e. The summed E-state index contributed by atoms with van der Waals surface area (Å²) in [6.45, 7) is 24.0. The number of alkyl halides is 9. The Hall–Kier alpha value is -4.99. The van der Waals surface area contributed by atoms with Crippen LogP contribution in [0, 0.1) is 83.1 Å². The van der Waals surface area contributed by atoms with Gasteiger partial charge in [-0.05, 0) is 175 Å². The Morgan fingerprint density at radius 1 is 0.410 bits per heavy atom. The molecule has 0 amide bonds. The second kappa shape index (κ2) is 16.0. The molecule has 1 aliphatic rings. The van der Waals surface area contributed by atoms with Crippen molar-refractivity contribution in [3.63, 3.8) is 0 Å². The normalized spacial score (nSPS) is 14.8. The summed E-state index contributed by atoms with van der Waals surface area (Å²) in [5, 5.41) is 0. The molecule has 10 heteroatoms. The van der Waals surface area contributed by atoms with E-state index in [1.165, 1.54) is 36.4 Å². The summed E-state index contributed by atoms with van der Waals surface area (Å²) in [6, 6.07) is 10.5. The second-order valence-electron chi connectivity index (χ2n) is 16.8. The molecule has 320 valence electrons. The van der Waals surface area contributed by atoms with E-state index in [-0.39, 0.29) is 19.1 Å². The van der Waals surface area contributed by atoms with Crippen LogP contribution in [0.1, 0.15) is 95.8 Å². The van der Waals surface area contributed by atoms with E-state index in [0.29, 0.717) is 11.1 Å². The molecule has 0 heterocycles. The lowest BCUT2D eigenvalue weighted by Gasteiger charge is -2.34. The molecule has 0 aliphatic heterocycles. The molecule has 1 unspecified atom stereocenters. The fourth-order valence-electron chi connectivity index (χ4n) is 9.90. The molecular formula is C51H50BF9. The van der Waals surface area contributed by atoms with Crippen molar-refractivity contribution in [1.29, 1.82) is 0 Å². The predicted molar refractivity (Wildman–Crippen MR) is 232 cm³/mol. The molecule has 0 saturated heterocycles. The maximum absolute atomic E-state index is 13.6. The lowest BCUT2D eigenvalue weighted by atomic mass is 9.32. The fourth-order valence-corrected chi connectivity index (χ4v) is 9.90. The van der Waals surface area contributed by atoms with Crippen molar-refractivity contribution >= 4 is 23.1 Å². The molecule has 0 N–H and O–H groups in total. The first-order chi connectivity index (χ1) is 28.2. The molecule has 1 aliphatic carbocycles. The number of benzene rings is 5. The first-order valence-electron chi connectivity index (χ1n) is 20.3. The highest BCUT2D eigenvalue weighted by Crippen LogP contribution is 2.40. The van der Waals surface area contributed by atoms with Crippen LogP contribution in [0.15, 0.2) is 72.3 Å². The van der Waals surface area contributed by atoms with Crippen LogP contribution in [-0.4, -0.2) is 12.9 Å². The second-order valence-corrected chi connectivity index (χ2v) is 16.8. The van der Waals surface area contributed by atoms with E-state index >= 15 is 0 Å². The SMILES string of the molecule is Cc1c(C)c(-c2ccc(C(F)(F)F)cc2)c(C)c(C)c1B(c1c(C)c(C)c(-c2ccc(C(F)(F)F)cc2)c(C)c1C)c1c(C)c(C)c(C2C=CC(C(F)(F)F)=CC2)c(C)c1C. The lowest BCUT2D eigenvalue weighted by Crippen LogP contribution is -2.58. The Morgan fingerprint density at radius 2 is 0.721 bits per heavy atom. The third kappa shape index (κ3) is 8.00. The average Bonchev–Trinajstić information content (AvgIpc) is 3.18. The zero-order valence-corrected chi connectivity index (χ0v) is 36.6. The number of hydrogen-bond donors (Lipinski definition) is 0. The van der Waals surface area contributed by atoms with E-state index in [2.05, 4.69) is 41.5 Å². The molecule has 0 nitrogen and oxygen atoms in total. The minimum atomic E-state index is -4.48. The number of hydrogen-bond acceptors (Lipinski definition) is 0. The Kier molecular flexibility index (Phi) is 12.0. The van der Waals surface area contributed by atoms with Crippen molar-refractivity contribution < 1.29 is 39.5 Å². The van der Waals surface area contributed by atoms with Gasteiger partial charge in [-0.25, -0.2) is 0 Å². The third-order valence-corrected chi connectivity index (χ3v) is 13.8. The number of rotatable bonds is 6. The van der Waals surface area contributed by atoms with Crippen LogP contribution in [0.25, 0.3) is 22.3 Å². The van der Waals surface area contributed by atoms with E-state index in [4.69, 9.17) is 0 Å². The van der Waals surface area contributed by atoms with Crippen LogP contribution in [0.5, 0.6) is 0 Å². The van der Waals surface area contributed by atoms with Gasteiger partial charge in [0.2, 0.25) is 6.71 Å². The molecule has 0 bridgehead atoms. The molecule has 0 spiro atoms.